The van der Waals surface area contributed by atoms with E-state index in [9.17, 15) is 0 Å². The Hall–Kier alpha value is -1.02. The van der Waals surface area contributed by atoms with Gasteiger partial charge in [-0.25, -0.2) is 0 Å². The summed E-state index contributed by atoms with van der Waals surface area (Å²) in [6, 6.07) is 9.37. The van der Waals surface area contributed by atoms with Gasteiger partial charge in [-0.05, 0) is 49.8 Å². The quantitative estimate of drug-likeness (QED) is 0.854. The molecule has 1 aromatic rings. The zero-order chi connectivity index (χ0) is 14.1. The molecule has 1 aliphatic heterocycles. The van der Waals surface area contributed by atoms with E-state index in [0.717, 1.165) is 19.4 Å². The van der Waals surface area contributed by atoms with E-state index < -0.39 is 0 Å². The maximum atomic E-state index is 5.76. The van der Waals surface area contributed by atoms with Gasteiger partial charge < -0.3 is 10.1 Å². The van der Waals surface area contributed by atoms with Crippen molar-refractivity contribution >= 4 is 5.69 Å². The Balaban J connectivity index is 2.00. The van der Waals surface area contributed by atoms with E-state index in [2.05, 4.69) is 64.2 Å². The highest BCUT2D eigenvalue weighted by atomic mass is 16.5. The minimum absolute atomic E-state index is 0.00126. The Bertz CT molecular complexity index is 414. The molecule has 1 fully saturated rings. The Kier molecular flexibility index (Phi) is 3.91. The van der Waals surface area contributed by atoms with Crippen LogP contribution in [0.15, 0.2) is 24.3 Å². The standard InChI is InChI=1S/C17H27NO/c1-16(2,3)13-6-8-14(9-7-13)18-15-10-11-19-17(4,5)12-15/h6-9,15,18H,10-12H2,1-5H3. The molecule has 1 aliphatic rings. The summed E-state index contributed by atoms with van der Waals surface area (Å²) >= 11 is 0. The van der Waals surface area contributed by atoms with E-state index >= 15 is 0 Å². The summed E-state index contributed by atoms with van der Waals surface area (Å²) in [5, 5.41) is 3.64. The van der Waals surface area contributed by atoms with Crippen LogP contribution in [0.1, 0.15) is 53.0 Å². The molecule has 19 heavy (non-hydrogen) atoms. The van der Waals surface area contributed by atoms with Crippen molar-refractivity contribution in [1.82, 2.24) is 0 Å². The first-order valence-corrected chi connectivity index (χ1v) is 7.27. The third kappa shape index (κ3) is 3.97. The van der Waals surface area contributed by atoms with Gasteiger partial charge in [0.2, 0.25) is 0 Å². The zero-order valence-corrected chi connectivity index (χ0v) is 12.9. The van der Waals surface area contributed by atoms with Crippen molar-refractivity contribution in [3.8, 4) is 0 Å². The number of anilines is 1. The molecule has 106 valence electrons. The molecule has 0 amide bonds. The van der Waals surface area contributed by atoms with Crippen LogP contribution >= 0.6 is 0 Å². The Morgan fingerprint density at radius 1 is 1.16 bits per heavy atom. The highest BCUT2D eigenvalue weighted by molar-refractivity contribution is 5.46. The molecule has 2 rings (SSSR count). The summed E-state index contributed by atoms with van der Waals surface area (Å²) < 4.78 is 5.76. The normalized spacial score (nSPS) is 23.1. The molecular weight excluding hydrogens is 234 g/mol. The predicted molar refractivity (Wildman–Crippen MR) is 81.8 cm³/mol. The fourth-order valence-electron chi connectivity index (χ4n) is 2.66. The van der Waals surface area contributed by atoms with Gasteiger partial charge in [-0.1, -0.05) is 32.9 Å². The van der Waals surface area contributed by atoms with Crippen LogP contribution in [0.4, 0.5) is 5.69 Å². The largest absolute Gasteiger partial charge is 0.382 e. The first kappa shape index (κ1) is 14.4. The van der Waals surface area contributed by atoms with Gasteiger partial charge in [-0.15, -0.1) is 0 Å². The second-order valence-corrected chi connectivity index (χ2v) is 7.27. The van der Waals surface area contributed by atoms with Gasteiger partial charge in [-0.3, -0.25) is 0 Å². The molecule has 0 spiro atoms. The van der Waals surface area contributed by atoms with Crippen molar-refractivity contribution in [2.45, 2.75) is 64.5 Å². The second-order valence-electron chi connectivity index (χ2n) is 7.27. The van der Waals surface area contributed by atoms with Gasteiger partial charge in [0.1, 0.15) is 0 Å². The van der Waals surface area contributed by atoms with Crippen LogP contribution in [0.25, 0.3) is 0 Å². The monoisotopic (exact) mass is 261 g/mol. The van der Waals surface area contributed by atoms with Gasteiger partial charge in [0.15, 0.2) is 0 Å². The van der Waals surface area contributed by atoms with E-state index in [-0.39, 0.29) is 11.0 Å². The Morgan fingerprint density at radius 3 is 2.32 bits per heavy atom. The van der Waals surface area contributed by atoms with E-state index in [4.69, 9.17) is 4.74 Å². The van der Waals surface area contributed by atoms with E-state index in [1.165, 1.54) is 11.3 Å². The predicted octanol–water partition coefficient (Wildman–Crippen LogP) is 4.35. The molecule has 2 nitrogen and oxygen atoms in total. The molecule has 0 bridgehead atoms. The fraction of sp³-hybridized carbons (Fsp3) is 0.647. The highest BCUT2D eigenvalue weighted by Crippen LogP contribution is 2.28. The van der Waals surface area contributed by atoms with Crippen LogP contribution < -0.4 is 5.32 Å². The molecule has 1 heterocycles. The third-order valence-corrected chi connectivity index (χ3v) is 3.82. The summed E-state index contributed by atoms with van der Waals surface area (Å²) in [5.74, 6) is 0. The minimum Gasteiger partial charge on any atom is -0.382 e. The maximum Gasteiger partial charge on any atom is 0.0646 e. The van der Waals surface area contributed by atoms with Crippen molar-refractivity contribution < 1.29 is 4.74 Å². The summed E-state index contributed by atoms with van der Waals surface area (Å²) in [7, 11) is 0. The fourth-order valence-corrected chi connectivity index (χ4v) is 2.66. The maximum absolute atomic E-state index is 5.76. The smallest absolute Gasteiger partial charge is 0.0646 e. The van der Waals surface area contributed by atoms with Crippen molar-refractivity contribution in [2.75, 3.05) is 11.9 Å². The summed E-state index contributed by atoms with van der Waals surface area (Å²) in [5.41, 5.74) is 2.82. The van der Waals surface area contributed by atoms with E-state index in [1.807, 2.05) is 0 Å². The van der Waals surface area contributed by atoms with Crippen LogP contribution in [0, 0.1) is 0 Å². The third-order valence-electron chi connectivity index (χ3n) is 3.82. The lowest BCUT2D eigenvalue weighted by Crippen LogP contribution is -2.40. The molecule has 0 saturated carbocycles. The van der Waals surface area contributed by atoms with Crippen molar-refractivity contribution in [3.05, 3.63) is 29.8 Å². The van der Waals surface area contributed by atoms with Crippen molar-refractivity contribution in [1.29, 1.82) is 0 Å². The van der Waals surface area contributed by atoms with Crippen LogP contribution in [-0.2, 0) is 10.2 Å². The minimum atomic E-state index is 0.00126. The number of ether oxygens (including phenoxy) is 1. The van der Waals surface area contributed by atoms with Gasteiger partial charge in [-0.2, -0.15) is 0 Å². The van der Waals surface area contributed by atoms with Gasteiger partial charge >= 0.3 is 0 Å². The first-order chi connectivity index (χ1) is 8.76. The molecule has 0 aromatic heterocycles. The lowest BCUT2D eigenvalue weighted by atomic mass is 9.87. The van der Waals surface area contributed by atoms with Crippen molar-refractivity contribution in [3.63, 3.8) is 0 Å². The molecule has 0 radical (unpaired) electrons. The first-order valence-electron chi connectivity index (χ1n) is 7.27. The molecule has 2 heteroatoms. The lowest BCUT2D eigenvalue weighted by Gasteiger charge is -2.36. The Labute approximate surface area is 117 Å². The van der Waals surface area contributed by atoms with Crippen LogP contribution in [0.2, 0.25) is 0 Å². The molecular formula is C17H27NO. The van der Waals surface area contributed by atoms with Crippen LogP contribution in [0.5, 0.6) is 0 Å². The number of hydrogen-bond acceptors (Lipinski definition) is 2. The molecule has 1 unspecified atom stereocenters. The van der Waals surface area contributed by atoms with Crippen LogP contribution in [0.3, 0.4) is 0 Å². The second kappa shape index (κ2) is 5.16. The molecule has 0 aliphatic carbocycles. The SMILES string of the molecule is CC1(C)CC(Nc2ccc(C(C)(C)C)cc2)CCO1. The van der Waals surface area contributed by atoms with E-state index in [1.54, 1.807) is 0 Å². The summed E-state index contributed by atoms with van der Waals surface area (Å²) in [4.78, 5) is 0. The number of hydrogen-bond donors (Lipinski definition) is 1. The topological polar surface area (TPSA) is 21.3 Å². The zero-order valence-electron chi connectivity index (χ0n) is 12.9. The average Bonchev–Trinajstić information content (AvgIpc) is 2.27. The van der Waals surface area contributed by atoms with Gasteiger partial charge in [0.05, 0.1) is 5.60 Å². The summed E-state index contributed by atoms with van der Waals surface area (Å²) in [6.45, 7) is 11.9. The number of nitrogens with one attached hydrogen (secondary N) is 1. The van der Waals surface area contributed by atoms with Gasteiger partial charge in [0.25, 0.3) is 0 Å². The molecule has 1 aromatic carbocycles. The lowest BCUT2D eigenvalue weighted by molar-refractivity contribution is -0.0553. The van der Waals surface area contributed by atoms with Crippen LogP contribution in [-0.4, -0.2) is 18.2 Å². The molecule has 1 saturated heterocycles. The molecule has 1 atom stereocenters. The Morgan fingerprint density at radius 2 is 1.79 bits per heavy atom. The van der Waals surface area contributed by atoms with Gasteiger partial charge in [0, 0.05) is 18.3 Å². The number of rotatable bonds is 2. The molecule has 1 N–H and O–H groups in total. The number of benzene rings is 1. The average molecular weight is 261 g/mol. The van der Waals surface area contributed by atoms with E-state index in [0.29, 0.717) is 6.04 Å². The highest BCUT2D eigenvalue weighted by Gasteiger charge is 2.28. The summed E-state index contributed by atoms with van der Waals surface area (Å²) in [6.07, 6.45) is 2.15. The van der Waals surface area contributed by atoms with Crippen molar-refractivity contribution in [2.24, 2.45) is 0 Å².